The molecule has 2 heterocycles. The van der Waals surface area contributed by atoms with Gasteiger partial charge in [-0.1, -0.05) is 23.4 Å². The van der Waals surface area contributed by atoms with E-state index in [1.165, 1.54) is 0 Å². The molecule has 0 saturated heterocycles. The fourth-order valence-electron chi connectivity index (χ4n) is 2.54. The van der Waals surface area contributed by atoms with Crippen molar-refractivity contribution in [3.05, 3.63) is 42.2 Å². The van der Waals surface area contributed by atoms with Crippen molar-refractivity contribution in [2.45, 2.75) is 31.3 Å². The van der Waals surface area contributed by atoms with Crippen LogP contribution in [0.4, 0.5) is 0 Å². The zero-order chi connectivity index (χ0) is 13.6. The Kier molecular flexibility index (Phi) is 2.40. The third kappa shape index (κ3) is 1.80. The van der Waals surface area contributed by atoms with E-state index in [1.54, 1.807) is 0 Å². The van der Waals surface area contributed by atoms with Gasteiger partial charge in [0.05, 0.1) is 11.1 Å². The van der Waals surface area contributed by atoms with E-state index >= 15 is 0 Å². The molecule has 0 bridgehead atoms. The zero-order valence-electron chi connectivity index (χ0n) is 11.0. The third-order valence-electron chi connectivity index (χ3n) is 3.92. The molecule has 1 saturated carbocycles. The first kappa shape index (κ1) is 11.6. The molecule has 3 aromatic rings. The number of hydrogen-bond donors (Lipinski definition) is 1. The Bertz CT molecular complexity index is 723. The Morgan fingerprint density at radius 3 is 2.90 bits per heavy atom. The van der Waals surface area contributed by atoms with Gasteiger partial charge in [0, 0.05) is 11.6 Å². The van der Waals surface area contributed by atoms with Crippen LogP contribution < -0.4 is 5.73 Å². The van der Waals surface area contributed by atoms with Crippen molar-refractivity contribution in [3.8, 4) is 0 Å². The molecular weight excluding hydrogens is 254 g/mol. The van der Waals surface area contributed by atoms with Crippen molar-refractivity contribution in [2.75, 3.05) is 0 Å². The van der Waals surface area contributed by atoms with E-state index in [2.05, 4.69) is 15.2 Å². The Balaban J connectivity index is 1.59. The predicted octanol–water partition coefficient (Wildman–Crippen LogP) is 1.81. The Morgan fingerprint density at radius 1 is 1.30 bits per heavy atom. The summed E-state index contributed by atoms with van der Waals surface area (Å²) in [5, 5.41) is 9.58. The van der Waals surface area contributed by atoms with E-state index in [0.717, 1.165) is 30.2 Å². The Morgan fingerprint density at radius 2 is 2.15 bits per heavy atom. The maximum absolute atomic E-state index is 6.18. The largest absolute Gasteiger partial charge is 0.337 e. The second-order valence-electron chi connectivity index (χ2n) is 5.41. The molecular formula is C14H15N5O. The number of hydrogen-bond acceptors (Lipinski definition) is 5. The van der Waals surface area contributed by atoms with Crippen molar-refractivity contribution in [1.29, 1.82) is 0 Å². The number of aromatic nitrogens is 4. The first-order valence-corrected chi connectivity index (χ1v) is 6.77. The SMILES string of the molecule is NC1(c2noc(Cn3cc4ccccc4n3)n2)CCC1. The average molecular weight is 269 g/mol. The summed E-state index contributed by atoms with van der Waals surface area (Å²) in [6.07, 6.45) is 4.96. The molecule has 0 unspecified atom stereocenters. The molecule has 4 rings (SSSR count). The summed E-state index contributed by atoms with van der Waals surface area (Å²) in [4.78, 5) is 4.41. The molecule has 2 aromatic heterocycles. The molecule has 6 heteroatoms. The van der Waals surface area contributed by atoms with Gasteiger partial charge in [-0.2, -0.15) is 10.1 Å². The van der Waals surface area contributed by atoms with E-state index in [9.17, 15) is 0 Å². The Hall–Kier alpha value is -2.21. The lowest BCUT2D eigenvalue weighted by Gasteiger charge is -2.34. The van der Waals surface area contributed by atoms with Gasteiger partial charge in [0.15, 0.2) is 5.82 Å². The van der Waals surface area contributed by atoms with Gasteiger partial charge in [-0.25, -0.2) is 0 Å². The van der Waals surface area contributed by atoms with Crippen LogP contribution in [0.25, 0.3) is 10.9 Å². The molecule has 0 aliphatic heterocycles. The normalized spacial score (nSPS) is 17.2. The molecule has 2 N–H and O–H groups in total. The summed E-state index contributed by atoms with van der Waals surface area (Å²) in [6.45, 7) is 0.470. The van der Waals surface area contributed by atoms with Gasteiger partial charge in [0.1, 0.15) is 6.54 Å². The molecule has 6 nitrogen and oxygen atoms in total. The van der Waals surface area contributed by atoms with Gasteiger partial charge in [-0.3, -0.25) is 4.68 Å². The Labute approximate surface area is 115 Å². The molecule has 1 aromatic carbocycles. The summed E-state index contributed by atoms with van der Waals surface area (Å²) in [5.41, 5.74) is 6.77. The summed E-state index contributed by atoms with van der Waals surface area (Å²) in [7, 11) is 0. The molecule has 1 aliphatic carbocycles. The number of rotatable bonds is 3. The maximum atomic E-state index is 6.18. The molecule has 0 radical (unpaired) electrons. The lowest BCUT2D eigenvalue weighted by atomic mass is 9.77. The standard InChI is InChI=1S/C14H15N5O/c15-14(6-3-7-14)13-16-12(20-18-13)9-19-8-10-4-1-2-5-11(10)17-19/h1-2,4-5,8H,3,6-7,9,15H2. The minimum Gasteiger partial charge on any atom is -0.337 e. The van der Waals surface area contributed by atoms with Gasteiger partial charge >= 0.3 is 0 Å². The quantitative estimate of drug-likeness (QED) is 0.784. The van der Waals surface area contributed by atoms with Gasteiger partial charge in [0.2, 0.25) is 5.89 Å². The van der Waals surface area contributed by atoms with E-state index < -0.39 is 0 Å². The van der Waals surface area contributed by atoms with Crippen molar-refractivity contribution >= 4 is 10.9 Å². The number of fused-ring (bicyclic) bond motifs is 1. The highest BCUT2D eigenvalue weighted by Crippen LogP contribution is 2.36. The fraction of sp³-hybridized carbons (Fsp3) is 0.357. The van der Waals surface area contributed by atoms with Crippen LogP contribution in [0.5, 0.6) is 0 Å². The molecule has 102 valence electrons. The highest BCUT2D eigenvalue weighted by Gasteiger charge is 2.38. The van der Waals surface area contributed by atoms with E-state index in [1.807, 2.05) is 35.1 Å². The summed E-state index contributed by atoms with van der Waals surface area (Å²) in [5.74, 6) is 1.17. The van der Waals surface area contributed by atoms with Crippen LogP contribution in [0, 0.1) is 0 Å². The van der Waals surface area contributed by atoms with E-state index in [0.29, 0.717) is 18.3 Å². The maximum Gasteiger partial charge on any atom is 0.248 e. The van der Waals surface area contributed by atoms with Crippen molar-refractivity contribution in [3.63, 3.8) is 0 Å². The lowest BCUT2D eigenvalue weighted by Crippen LogP contribution is -2.44. The first-order valence-electron chi connectivity index (χ1n) is 6.77. The lowest BCUT2D eigenvalue weighted by molar-refractivity contribution is 0.228. The van der Waals surface area contributed by atoms with Gasteiger partial charge in [-0.15, -0.1) is 0 Å². The molecule has 0 atom stereocenters. The second kappa shape index (κ2) is 4.14. The average Bonchev–Trinajstić information content (AvgIpc) is 3.02. The zero-order valence-corrected chi connectivity index (χ0v) is 11.0. The van der Waals surface area contributed by atoms with Crippen LogP contribution >= 0.6 is 0 Å². The number of nitrogens with two attached hydrogens (primary N) is 1. The van der Waals surface area contributed by atoms with Crippen LogP contribution in [0.1, 0.15) is 31.0 Å². The van der Waals surface area contributed by atoms with Gasteiger partial charge < -0.3 is 10.3 Å². The molecule has 20 heavy (non-hydrogen) atoms. The minimum absolute atomic E-state index is 0.378. The number of nitrogens with zero attached hydrogens (tertiary/aromatic N) is 4. The fourth-order valence-corrected chi connectivity index (χ4v) is 2.54. The third-order valence-corrected chi connectivity index (χ3v) is 3.92. The van der Waals surface area contributed by atoms with Crippen LogP contribution in [0.15, 0.2) is 35.0 Å². The topological polar surface area (TPSA) is 82.8 Å². The molecule has 1 aliphatic rings. The van der Waals surface area contributed by atoms with Crippen molar-refractivity contribution in [1.82, 2.24) is 19.9 Å². The second-order valence-corrected chi connectivity index (χ2v) is 5.41. The van der Waals surface area contributed by atoms with E-state index in [-0.39, 0.29) is 5.54 Å². The van der Waals surface area contributed by atoms with Gasteiger partial charge in [0.25, 0.3) is 0 Å². The highest BCUT2D eigenvalue weighted by molar-refractivity contribution is 5.77. The van der Waals surface area contributed by atoms with Crippen molar-refractivity contribution < 1.29 is 4.52 Å². The first-order chi connectivity index (χ1) is 9.73. The monoisotopic (exact) mass is 269 g/mol. The highest BCUT2D eigenvalue weighted by atomic mass is 16.5. The van der Waals surface area contributed by atoms with E-state index in [4.69, 9.17) is 10.3 Å². The van der Waals surface area contributed by atoms with Crippen molar-refractivity contribution in [2.24, 2.45) is 5.73 Å². The van der Waals surface area contributed by atoms with Crippen LogP contribution in [-0.4, -0.2) is 19.9 Å². The minimum atomic E-state index is -0.378. The smallest absolute Gasteiger partial charge is 0.248 e. The summed E-state index contributed by atoms with van der Waals surface area (Å²) in [6, 6.07) is 7.98. The van der Waals surface area contributed by atoms with Gasteiger partial charge in [-0.05, 0) is 25.3 Å². The predicted molar refractivity (Wildman–Crippen MR) is 72.8 cm³/mol. The molecule has 0 amide bonds. The van der Waals surface area contributed by atoms with Crippen LogP contribution in [0.2, 0.25) is 0 Å². The van der Waals surface area contributed by atoms with Crippen LogP contribution in [-0.2, 0) is 12.1 Å². The molecule has 0 spiro atoms. The summed E-state index contributed by atoms with van der Waals surface area (Å²) < 4.78 is 7.10. The number of benzene rings is 1. The van der Waals surface area contributed by atoms with Crippen LogP contribution in [0.3, 0.4) is 0 Å². The summed E-state index contributed by atoms with van der Waals surface area (Å²) >= 11 is 0. The molecule has 1 fully saturated rings.